The maximum Gasteiger partial charge on any atom is 0.488 e. The third-order valence-electron chi connectivity index (χ3n) is 2.19. The molecular weight excluding hydrogens is 302 g/mol. The van der Waals surface area contributed by atoms with Crippen LogP contribution in [-0.4, -0.2) is 16.8 Å². The molecule has 0 radical (unpaired) electrons. The fourth-order valence-electron chi connectivity index (χ4n) is 1.43. The first kappa shape index (κ1) is 15.4. The summed E-state index contributed by atoms with van der Waals surface area (Å²) in [5, 5.41) is 0. The summed E-state index contributed by atoms with van der Waals surface area (Å²) >= 11 is 0. The predicted molar refractivity (Wildman–Crippen MR) is 62.7 cm³/mol. The average molecular weight is 310 g/mol. The third-order valence-corrected chi connectivity index (χ3v) is 3.53. The van der Waals surface area contributed by atoms with E-state index in [1.165, 1.54) is 6.92 Å². The summed E-state index contributed by atoms with van der Waals surface area (Å²) in [6.45, 7) is 1.28. The summed E-state index contributed by atoms with van der Waals surface area (Å²) < 4.78 is 71.8. The van der Waals surface area contributed by atoms with Crippen LogP contribution in [0.1, 0.15) is 11.1 Å². The minimum Gasteiger partial charge on any atom is -0.358 e. The average Bonchev–Trinajstić information content (AvgIpc) is 2.19. The number of rotatable bonds is 4. The van der Waals surface area contributed by atoms with Gasteiger partial charge in [0.25, 0.3) is 0 Å². The fraction of sp³-hybridized carbons (Fsp3) is 0.200. The largest absolute Gasteiger partial charge is 0.488 e. The number of terminal acetylenes is 1. The molecule has 0 aliphatic carbocycles. The number of benzene rings is 1. The monoisotopic (exact) mass is 310 g/mol. The van der Waals surface area contributed by atoms with Crippen LogP contribution < -0.4 is 4.18 Å². The van der Waals surface area contributed by atoms with Crippen molar-refractivity contribution in [2.75, 3.05) is 0 Å². The number of hydrogen-bond acceptors (Lipinski definition) is 5. The highest BCUT2D eigenvalue weighted by Crippen LogP contribution is 2.28. The molecule has 1 rings (SSSR count). The van der Waals surface area contributed by atoms with Gasteiger partial charge in [-0.25, -0.2) is 0 Å². The first-order valence-electron chi connectivity index (χ1n) is 4.70. The van der Waals surface area contributed by atoms with Gasteiger partial charge in [0.05, 0.1) is 0 Å². The van der Waals surface area contributed by atoms with Crippen LogP contribution in [0.25, 0.3) is 0 Å². The molecule has 0 saturated heterocycles. The molecule has 0 fully saturated rings. The highest BCUT2D eigenvalue weighted by molar-refractivity contribution is 7.86. The SMILES string of the molecule is C#CCc1cc(OS(=O)(=O)F)cc(S(=O)(=O)F)c1C. The maximum atomic E-state index is 13.0. The minimum absolute atomic E-state index is 0.00376. The van der Waals surface area contributed by atoms with Crippen molar-refractivity contribution in [2.45, 2.75) is 18.2 Å². The van der Waals surface area contributed by atoms with Crippen molar-refractivity contribution in [3.63, 3.8) is 0 Å². The Morgan fingerprint density at radius 1 is 1.26 bits per heavy atom. The summed E-state index contributed by atoms with van der Waals surface area (Å²) in [7, 11) is -10.5. The van der Waals surface area contributed by atoms with Gasteiger partial charge in [0.1, 0.15) is 10.6 Å². The first-order valence-corrected chi connectivity index (χ1v) is 7.39. The lowest BCUT2D eigenvalue weighted by atomic mass is 10.1. The van der Waals surface area contributed by atoms with Gasteiger partial charge in [0.15, 0.2) is 0 Å². The van der Waals surface area contributed by atoms with Crippen molar-refractivity contribution in [1.82, 2.24) is 0 Å². The van der Waals surface area contributed by atoms with Gasteiger partial charge in [-0.2, -0.15) is 16.8 Å². The Morgan fingerprint density at radius 2 is 1.84 bits per heavy atom. The molecule has 0 amide bonds. The van der Waals surface area contributed by atoms with Crippen LogP contribution >= 0.6 is 0 Å². The van der Waals surface area contributed by atoms with Crippen LogP contribution in [0.2, 0.25) is 0 Å². The zero-order valence-electron chi connectivity index (χ0n) is 9.55. The van der Waals surface area contributed by atoms with Crippen LogP contribution in [0.3, 0.4) is 0 Å². The van der Waals surface area contributed by atoms with Crippen molar-refractivity contribution < 1.29 is 28.8 Å². The van der Waals surface area contributed by atoms with Crippen molar-refractivity contribution in [3.8, 4) is 18.1 Å². The lowest BCUT2D eigenvalue weighted by molar-refractivity contribution is 0.439. The molecule has 104 valence electrons. The van der Waals surface area contributed by atoms with E-state index in [0.29, 0.717) is 6.07 Å². The Bertz CT molecular complexity index is 745. The lowest BCUT2D eigenvalue weighted by Crippen LogP contribution is -2.05. The number of hydrogen-bond donors (Lipinski definition) is 0. The summed E-state index contributed by atoms with van der Waals surface area (Å²) in [4.78, 5) is -0.820. The van der Waals surface area contributed by atoms with Crippen molar-refractivity contribution >= 4 is 20.7 Å². The van der Waals surface area contributed by atoms with E-state index in [9.17, 15) is 24.6 Å². The highest BCUT2D eigenvalue weighted by atomic mass is 32.3. The van der Waals surface area contributed by atoms with Crippen LogP contribution in [-0.2, 0) is 27.1 Å². The van der Waals surface area contributed by atoms with E-state index in [1.807, 2.05) is 0 Å². The zero-order valence-corrected chi connectivity index (χ0v) is 11.2. The second-order valence-electron chi connectivity index (χ2n) is 3.50. The molecule has 0 aliphatic rings. The molecule has 0 aliphatic heterocycles. The standard InChI is InChI=1S/C10H8F2O5S2/c1-3-4-8-5-9(17-19(12,15)16)6-10(7(8)2)18(11,13)14/h1,5-6H,4H2,2H3. The van der Waals surface area contributed by atoms with Gasteiger partial charge in [-0.1, -0.05) is 3.89 Å². The summed E-state index contributed by atoms with van der Waals surface area (Å²) in [6.07, 6.45) is 4.94. The molecule has 0 heterocycles. The van der Waals surface area contributed by atoms with Gasteiger partial charge in [0.2, 0.25) is 0 Å². The Labute approximate surface area is 109 Å². The highest BCUT2D eigenvalue weighted by Gasteiger charge is 2.21. The molecule has 0 saturated carbocycles. The van der Waals surface area contributed by atoms with Crippen molar-refractivity contribution in [3.05, 3.63) is 23.3 Å². The Kier molecular flexibility index (Phi) is 4.17. The van der Waals surface area contributed by atoms with E-state index in [1.54, 1.807) is 0 Å². The molecule has 0 atom stereocenters. The van der Waals surface area contributed by atoms with E-state index >= 15 is 0 Å². The molecule has 9 heteroatoms. The normalized spacial score (nSPS) is 11.9. The zero-order chi connectivity index (χ0) is 14.8. The second-order valence-corrected chi connectivity index (χ2v) is 5.77. The van der Waals surface area contributed by atoms with E-state index in [0.717, 1.165) is 6.07 Å². The lowest BCUT2D eigenvalue weighted by Gasteiger charge is -2.09. The van der Waals surface area contributed by atoms with Crippen molar-refractivity contribution in [2.24, 2.45) is 0 Å². The van der Waals surface area contributed by atoms with E-state index in [4.69, 9.17) is 6.42 Å². The van der Waals surface area contributed by atoms with E-state index in [-0.39, 0.29) is 17.5 Å². The molecule has 0 aromatic heterocycles. The minimum atomic E-state index is -5.35. The van der Waals surface area contributed by atoms with Gasteiger partial charge in [-0.15, -0.1) is 16.2 Å². The van der Waals surface area contributed by atoms with Crippen LogP contribution in [0.4, 0.5) is 7.77 Å². The van der Waals surface area contributed by atoms with Crippen LogP contribution in [0.15, 0.2) is 17.0 Å². The number of halogens is 2. The smallest absolute Gasteiger partial charge is 0.358 e. The van der Waals surface area contributed by atoms with Gasteiger partial charge in [-0.05, 0) is 24.1 Å². The Balaban J connectivity index is 3.54. The molecule has 0 bridgehead atoms. The molecular formula is C10H8F2O5S2. The maximum absolute atomic E-state index is 13.0. The molecule has 1 aromatic carbocycles. The Morgan fingerprint density at radius 3 is 2.26 bits per heavy atom. The van der Waals surface area contributed by atoms with Gasteiger partial charge in [0, 0.05) is 12.5 Å². The van der Waals surface area contributed by atoms with E-state index < -0.39 is 31.4 Å². The summed E-state index contributed by atoms with van der Waals surface area (Å²) in [5.41, 5.74) is 0.143. The van der Waals surface area contributed by atoms with Gasteiger partial charge in [-0.3, -0.25) is 0 Å². The topological polar surface area (TPSA) is 77.5 Å². The predicted octanol–water partition coefficient (Wildman–Crippen LogP) is 1.42. The van der Waals surface area contributed by atoms with Gasteiger partial charge < -0.3 is 4.18 Å². The molecule has 19 heavy (non-hydrogen) atoms. The van der Waals surface area contributed by atoms with Gasteiger partial charge >= 0.3 is 20.7 Å². The quantitative estimate of drug-likeness (QED) is 0.621. The Hall–Kier alpha value is -1.66. The first-order chi connectivity index (χ1) is 8.54. The van der Waals surface area contributed by atoms with Crippen LogP contribution in [0.5, 0.6) is 5.75 Å². The molecule has 0 unspecified atom stereocenters. The fourth-order valence-corrected chi connectivity index (χ4v) is 2.51. The van der Waals surface area contributed by atoms with Crippen LogP contribution in [0, 0.1) is 19.3 Å². The molecule has 0 spiro atoms. The van der Waals surface area contributed by atoms with E-state index in [2.05, 4.69) is 10.1 Å². The van der Waals surface area contributed by atoms with Crippen molar-refractivity contribution in [1.29, 1.82) is 0 Å². The summed E-state index contributed by atoms with van der Waals surface area (Å²) in [6, 6.07) is 1.60. The third kappa shape index (κ3) is 4.18. The second kappa shape index (κ2) is 5.14. The summed E-state index contributed by atoms with van der Waals surface area (Å²) in [5.74, 6) is 1.51. The molecule has 1 aromatic rings. The molecule has 0 N–H and O–H groups in total. The molecule has 5 nitrogen and oxygen atoms in total.